The topological polar surface area (TPSA) is 84.2 Å². The van der Waals surface area contributed by atoms with Gasteiger partial charge in [-0.3, -0.25) is 0 Å². The number of nitrogens with one attached hydrogen (secondary N) is 1. The van der Waals surface area contributed by atoms with Crippen LogP contribution in [0.4, 0.5) is 9.18 Å². The molecule has 154 valence electrons. The van der Waals surface area contributed by atoms with Crippen LogP contribution in [0.2, 0.25) is 0 Å². The number of imidazole rings is 1. The van der Waals surface area contributed by atoms with E-state index in [-0.39, 0.29) is 5.82 Å². The first kappa shape index (κ1) is 21.2. The van der Waals surface area contributed by atoms with Crippen LogP contribution in [0.5, 0.6) is 0 Å². The number of nitrogens with zero attached hydrogens (tertiary/aromatic N) is 2. The number of aryl methyl sites for hydroxylation is 1. The number of carbonyl (C=O) groups is 1. The lowest BCUT2D eigenvalue weighted by atomic mass is 10.0. The van der Waals surface area contributed by atoms with Gasteiger partial charge in [0.1, 0.15) is 15.9 Å². The molecule has 0 spiro atoms. The molecule has 6 nitrogen and oxygen atoms in total. The van der Waals surface area contributed by atoms with Gasteiger partial charge in [0.15, 0.2) is 11.0 Å². The highest BCUT2D eigenvalue weighted by Gasteiger charge is 2.20. The summed E-state index contributed by atoms with van der Waals surface area (Å²) in [5, 5.41) is 8.92. The van der Waals surface area contributed by atoms with Gasteiger partial charge >= 0.3 is 6.09 Å². The van der Waals surface area contributed by atoms with Crippen molar-refractivity contribution >= 4 is 28.4 Å². The zero-order valence-corrected chi connectivity index (χ0v) is 17.9. The van der Waals surface area contributed by atoms with Crippen molar-refractivity contribution in [3.63, 3.8) is 0 Å². The molecule has 9 heteroatoms. The molecule has 0 aliphatic carbocycles. The number of rotatable bonds is 7. The molecule has 0 bridgehead atoms. The zero-order valence-electron chi connectivity index (χ0n) is 16.3. The molecule has 1 aromatic carbocycles. The second-order valence-corrected chi connectivity index (χ2v) is 9.64. The fraction of sp³-hybridized carbons (Fsp3) is 0.300. The van der Waals surface area contributed by atoms with Crippen LogP contribution in [-0.4, -0.2) is 25.0 Å². The fourth-order valence-electron chi connectivity index (χ4n) is 2.99. The number of aromatic nitrogens is 2. The van der Waals surface area contributed by atoms with E-state index >= 15 is 0 Å². The van der Waals surface area contributed by atoms with Gasteiger partial charge in [0.2, 0.25) is 0 Å². The number of thiophene rings is 1. The lowest BCUT2D eigenvalue weighted by Gasteiger charge is -2.09. The Balaban J connectivity index is 1.97. The average Bonchev–Trinajstić information content (AvgIpc) is 3.22. The Morgan fingerprint density at radius 2 is 2.14 bits per heavy atom. The Labute approximate surface area is 175 Å². The van der Waals surface area contributed by atoms with Crippen molar-refractivity contribution in [2.45, 2.75) is 37.9 Å². The first-order valence-corrected chi connectivity index (χ1v) is 11.0. The second kappa shape index (κ2) is 8.87. The molecule has 0 saturated heterocycles. The third-order valence-electron chi connectivity index (χ3n) is 4.34. The third kappa shape index (κ3) is 5.10. The first-order chi connectivity index (χ1) is 13.7. The summed E-state index contributed by atoms with van der Waals surface area (Å²) in [6.07, 6.45) is 2.85. The molecule has 29 heavy (non-hydrogen) atoms. The monoisotopic (exact) mass is 435 g/mol. The van der Waals surface area contributed by atoms with Crippen molar-refractivity contribution in [2.75, 3.05) is 0 Å². The van der Waals surface area contributed by atoms with Gasteiger partial charge in [-0.05, 0) is 37.0 Å². The Morgan fingerprint density at radius 3 is 2.72 bits per heavy atom. The van der Waals surface area contributed by atoms with E-state index in [4.69, 9.17) is 5.11 Å². The minimum absolute atomic E-state index is 0.361. The molecule has 0 saturated carbocycles. The summed E-state index contributed by atoms with van der Waals surface area (Å²) in [7, 11) is -1.93. The van der Waals surface area contributed by atoms with E-state index in [9.17, 15) is 13.4 Å². The average molecular weight is 436 g/mol. The van der Waals surface area contributed by atoms with Gasteiger partial charge < -0.3 is 9.67 Å². The van der Waals surface area contributed by atoms with Crippen molar-refractivity contribution in [3.05, 3.63) is 58.7 Å². The number of carboxylic acid groups (broad SMARTS) is 1. The number of amides is 1. The minimum Gasteiger partial charge on any atom is -0.464 e. The number of hydrogen-bond donors (Lipinski definition) is 2. The molecular formula is C20H22FN3O3S2. The predicted molar refractivity (Wildman–Crippen MR) is 112 cm³/mol. The summed E-state index contributed by atoms with van der Waals surface area (Å²) < 4.78 is 31.5. The Kier molecular flexibility index (Phi) is 6.49. The van der Waals surface area contributed by atoms with Gasteiger partial charge in [-0.2, -0.15) is 0 Å². The normalized spacial score (nSPS) is 12.3. The van der Waals surface area contributed by atoms with Crippen molar-refractivity contribution in [1.29, 1.82) is 0 Å². The van der Waals surface area contributed by atoms with Crippen LogP contribution in [0.1, 0.15) is 30.1 Å². The predicted octanol–water partition coefficient (Wildman–Crippen LogP) is 4.60. The maximum absolute atomic E-state index is 14.8. The molecule has 0 aliphatic rings. The molecule has 0 aliphatic heterocycles. The highest BCUT2D eigenvalue weighted by atomic mass is 32.2. The van der Waals surface area contributed by atoms with Gasteiger partial charge in [0, 0.05) is 28.4 Å². The standard InChI is InChI=1S/C20H22FN3O3S2/c1-12(2)8-16-10-17(19(28-16)29(27)23-20(25)26)14-4-5-15(18(21)9-14)11-24-7-6-22-13(24)3/h4-7,9-10,12,23H,8,11H2,1-3H3,(H,25,26). The summed E-state index contributed by atoms with van der Waals surface area (Å²) in [5.41, 5.74) is 1.66. The summed E-state index contributed by atoms with van der Waals surface area (Å²) >= 11 is 1.29. The van der Waals surface area contributed by atoms with Gasteiger partial charge in [-0.15, -0.1) is 11.3 Å². The van der Waals surface area contributed by atoms with Crippen LogP contribution in [0.15, 0.2) is 40.9 Å². The Hall–Kier alpha value is -2.52. The van der Waals surface area contributed by atoms with E-state index in [1.807, 2.05) is 22.3 Å². The van der Waals surface area contributed by atoms with E-state index in [1.54, 1.807) is 24.5 Å². The molecule has 1 unspecified atom stereocenters. The largest absolute Gasteiger partial charge is 0.464 e. The summed E-state index contributed by atoms with van der Waals surface area (Å²) in [6, 6.07) is 6.74. The van der Waals surface area contributed by atoms with Crippen LogP contribution >= 0.6 is 11.3 Å². The molecule has 0 fully saturated rings. The SMILES string of the molecule is Cc1nccn1Cc1ccc(-c2cc(CC(C)C)sc2S(=O)NC(=O)O)cc1F. The van der Waals surface area contributed by atoms with Crippen molar-refractivity contribution in [3.8, 4) is 11.1 Å². The first-order valence-electron chi connectivity index (χ1n) is 9.05. The lowest BCUT2D eigenvalue weighted by molar-refractivity contribution is 0.201. The van der Waals surface area contributed by atoms with Crippen molar-refractivity contribution in [1.82, 2.24) is 14.3 Å². The van der Waals surface area contributed by atoms with Crippen LogP contribution in [-0.2, 0) is 24.0 Å². The molecule has 3 rings (SSSR count). The van der Waals surface area contributed by atoms with Crippen LogP contribution in [0.3, 0.4) is 0 Å². The minimum atomic E-state index is -1.93. The van der Waals surface area contributed by atoms with Gasteiger partial charge in [-0.25, -0.2) is 23.1 Å². The summed E-state index contributed by atoms with van der Waals surface area (Å²) in [5.74, 6) is 0.796. The Bertz CT molecular complexity index is 1060. The fourth-order valence-corrected chi connectivity index (χ4v) is 5.48. The highest BCUT2D eigenvalue weighted by molar-refractivity contribution is 7.86. The maximum Gasteiger partial charge on any atom is 0.416 e. The molecule has 3 aromatic rings. The number of hydrogen-bond acceptors (Lipinski definition) is 4. The number of halogens is 1. The third-order valence-corrected chi connectivity index (χ3v) is 6.91. The maximum atomic E-state index is 14.8. The van der Waals surface area contributed by atoms with Gasteiger partial charge in [-0.1, -0.05) is 26.0 Å². The van der Waals surface area contributed by atoms with Gasteiger partial charge in [0.25, 0.3) is 0 Å². The second-order valence-electron chi connectivity index (χ2n) is 7.10. The zero-order chi connectivity index (χ0) is 21.1. The van der Waals surface area contributed by atoms with Crippen LogP contribution in [0.25, 0.3) is 11.1 Å². The van der Waals surface area contributed by atoms with Crippen LogP contribution in [0, 0.1) is 18.7 Å². The molecule has 2 heterocycles. The van der Waals surface area contributed by atoms with Crippen molar-refractivity contribution in [2.24, 2.45) is 5.92 Å². The molecular weight excluding hydrogens is 413 g/mol. The summed E-state index contributed by atoms with van der Waals surface area (Å²) in [6.45, 7) is 6.35. The van der Waals surface area contributed by atoms with E-state index in [1.165, 1.54) is 17.4 Å². The molecule has 1 atom stereocenters. The molecule has 0 radical (unpaired) electrons. The molecule has 2 N–H and O–H groups in total. The van der Waals surface area contributed by atoms with Gasteiger partial charge in [0.05, 0.1) is 6.54 Å². The Morgan fingerprint density at radius 1 is 1.38 bits per heavy atom. The highest BCUT2D eigenvalue weighted by Crippen LogP contribution is 2.35. The lowest BCUT2D eigenvalue weighted by Crippen LogP contribution is -2.23. The van der Waals surface area contributed by atoms with E-state index < -0.39 is 17.1 Å². The van der Waals surface area contributed by atoms with Crippen molar-refractivity contribution < 1.29 is 18.5 Å². The molecule has 1 amide bonds. The number of benzene rings is 1. The molecule has 2 aromatic heterocycles. The van der Waals surface area contributed by atoms with E-state index in [0.29, 0.717) is 33.4 Å². The van der Waals surface area contributed by atoms with Crippen LogP contribution < -0.4 is 4.72 Å². The quantitative estimate of drug-likeness (QED) is 0.568. The van der Waals surface area contributed by atoms with E-state index in [0.717, 1.165) is 17.1 Å². The smallest absolute Gasteiger partial charge is 0.416 e. The summed E-state index contributed by atoms with van der Waals surface area (Å²) in [4.78, 5) is 16.0. The van der Waals surface area contributed by atoms with E-state index in [2.05, 4.69) is 18.8 Å².